The van der Waals surface area contributed by atoms with E-state index >= 15 is 0 Å². The molecule has 0 spiro atoms. The van der Waals surface area contributed by atoms with Crippen LogP contribution in [0.15, 0.2) is 28.9 Å². The standard InChI is InChI=1S/C9H16N2/c1-8(2)9(7-11-3)5-4-6-10/h4-8H,10H2,1-3H3/b6-4-,9-5+,11-7-. The van der Waals surface area contributed by atoms with Gasteiger partial charge in [0.15, 0.2) is 0 Å². The lowest BCUT2D eigenvalue weighted by molar-refractivity contribution is 0.806. The van der Waals surface area contributed by atoms with Gasteiger partial charge >= 0.3 is 0 Å². The Labute approximate surface area is 68.5 Å². The Morgan fingerprint density at radius 3 is 2.45 bits per heavy atom. The van der Waals surface area contributed by atoms with Crippen molar-refractivity contribution in [2.24, 2.45) is 16.6 Å². The number of nitrogens with zero attached hydrogens (tertiary/aromatic N) is 1. The first kappa shape index (κ1) is 9.95. The van der Waals surface area contributed by atoms with Gasteiger partial charge in [-0.25, -0.2) is 0 Å². The summed E-state index contributed by atoms with van der Waals surface area (Å²) >= 11 is 0. The number of rotatable bonds is 3. The molecule has 2 nitrogen and oxygen atoms in total. The number of aliphatic imine (C=N–C) groups is 1. The van der Waals surface area contributed by atoms with Crippen LogP contribution >= 0.6 is 0 Å². The van der Waals surface area contributed by atoms with Crippen LogP contribution < -0.4 is 5.73 Å². The van der Waals surface area contributed by atoms with Crippen molar-refractivity contribution in [3.8, 4) is 0 Å². The maximum Gasteiger partial charge on any atom is 0.0277 e. The quantitative estimate of drug-likeness (QED) is 0.485. The predicted molar refractivity (Wildman–Crippen MR) is 50.7 cm³/mol. The van der Waals surface area contributed by atoms with Gasteiger partial charge in [0.05, 0.1) is 0 Å². The van der Waals surface area contributed by atoms with Gasteiger partial charge in [-0.05, 0) is 23.8 Å². The summed E-state index contributed by atoms with van der Waals surface area (Å²) in [4.78, 5) is 3.94. The van der Waals surface area contributed by atoms with Crippen LogP contribution in [0.4, 0.5) is 0 Å². The summed E-state index contributed by atoms with van der Waals surface area (Å²) in [5.41, 5.74) is 6.39. The second-order valence-electron chi connectivity index (χ2n) is 2.59. The SMILES string of the molecule is C\N=C/C(=C\C=C/N)C(C)C. The third-order valence-electron chi connectivity index (χ3n) is 1.34. The van der Waals surface area contributed by atoms with Crippen molar-refractivity contribution in [2.45, 2.75) is 13.8 Å². The Hall–Kier alpha value is -1.05. The first-order valence-electron chi connectivity index (χ1n) is 3.73. The lowest BCUT2D eigenvalue weighted by atomic mass is 10.0. The fourth-order valence-corrected chi connectivity index (χ4v) is 0.700. The first-order chi connectivity index (χ1) is 5.22. The molecule has 0 heterocycles. The Morgan fingerprint density at radius 1 is 1.45 bits per heavy atom. The molecule has 0 saturated heterocycles. The molecule has 62 valence electrons. The molecule has 0 atom stereocenters. The minimum Gasteiger partial charge on any atom is -0.405 e. The molecule has 0 saturated carbocycles. The number of nitrogens with two attached hydrogens (primary N) is 1. The largest absolute Gasteiger partial charge is 0.405 e. The molecular weight excluding hydrogens is 136 g/mol. The van der Waals surface area contributed by atoms with E-state index in [1.54, 1.807) is 7.05 Å². The van der Waals surface area contributed by atoms with Gasteiger partial charge in [-0.15, -0.1) is 0 Å². The predicted octanol–water partition coefficient (Wildman–Crippen LogP) is 1.74. The van der Waals surface area contributed by atoms with Crippen LogP contribution in [-0.2, 0) is 0 Å². The molecule has 0 fully saturated rings. The average Bonchev–Trinajstić information content (AvgIpc) is 1.97. The molecule has 0 unspecified atom stereocenters. The molecular formula is C9H16N2. The van der Waals surface area contributed by atoms with E-state index < -0.39 is 0 Å². The Morgan fingerprint density at radius 2 is 2.09 bits per heavy atom. The van der Waals surface area contributed by atoms with Gasteiger partial charge in [0.1, 0.15) is 0 Å². The van der Waals surface area contributed by atoms with E-state index in [-0.39, 0.29) is 0 Å². The van der Waals surface area contributed by atoms with Crippen molar-refractivity contribution < 1.29 is 0 Å². The Kier molecular flexibility index (Phi) is 5.17. The van der Waals surface area contributed by atoms with Gasteiger partial charge < -0.3 is 5.73 Å². The Bertz CT molecular complexity index is 176. The lowest BCUT2D eigenvalue weighted by Gasteiger charge is -2.02. The van der Waals surface area contributed by atoms with Crippen LogP contribution in [0.1, 0.15) is 13.8 Å². The number of allylic oxidation sites excluding steroid dienone is 3. The van der Waals surface area contributed by atoms with Gasteiger partial charge in [0.25, 0.3) is 0 Å². The van der Waals surface area contributed by atoms with Crippen molar-refractivity contribution in [3.05, 3.63) is 23.9 Å². The van der Waals surface area contributed by atoms with Gasteiger partial charge in [0.2, 0.25) is 0 Å². The molecule has 2 N–H and O–H groups in total. The summed E-state index contributed by atoms with van der Waals surface area (Å²) in [6.07, 6.45) is 7.16. The van der Waals surface area contributed by atoms with Crippen molar-refractivity contribution in [1.29, 1.82) is 0 Å². The number of hydrogen-bond acceptors (Lipinski definition) is 2. The molecule has 0 rings (SSSR count). The van der Waals surface area contributed by atoms with Crippen LogP contribution in [0.25, 0.3) is 0 Å². The fourth-order valence-electron chi connectivity index (χ4n) is 0.700. The highest BCUT2D eigenvalue weighted by Gasteiger charge is 1.96. The van der Waals surface area contributed by atoms with E-state index in [1.165, 1.54) is 11.8 Å². The summed E-state index contributed by atoms with van der Waals surface area (Å²) in [5.74, 6) is 0.495. The lowest BCUT2D eigenvalue weighted by Crippen LogP contribution is -1.94. The van der Waals surface area contributed by atoms with Gasteiger partial charge in [-0.3, -0.25) is 4.99 Å². The topological polar surface area (TPSA) is 38.4 Å². The van der Waals surface area contributed by atoms with E-state index in [0.717, 1.165) is 0 Å². The molecule has 0 aliphatic carbocycles. The van der Waals surface area contributed by atoms with E-state index in [2.05, 4.69) is 18.8 Å². The van der Waals surface area contributed by atoms with E-state index in [0.29, 0.717) is 5.92 Å². The van der Waals surface area contributed by atoms with Crippen LogP contribution in [-0.4, -0.2) is 13.3 Å². The third kappa shape index (κ3) is 4.37. The van der Waals surface area contributed by atoms with Crippen molar-refractivity contribution in [1.82, 2.24) is 0 Å². The summed E-state index contributed by atoms with van der Waals surface area (Å²) in [6, 6.07) is 0. The van der Waals surface area contributed by atoms with Crippen molar-refractivity contribution in [2.75, 3.05) is 7.05 Å². The highest BCUT2D eigenvalue weighted by Crippen LogP contribution is 2.06. The minimum atomic E-state index is 0.495. The van der Waals surface area contributed by atoms with E-state index in [1.807, 2.05) is 18.4 Å². The zero-order valence-electron chi connectivity index (χ0n) is 7.41. The second-order valence-corrected chi connectivity index (χ2v) is 2.59. The monoisotopic (exact) mass is 152 g/mol. The molecule has 0 aromatic heterocycles. The van der Waals surface area contributed by atoms with Gasteiger partial charge in [-0.2, -0.15) is 0 Å². The Balaban J connectivity index is 4.32. The number of hydrogen-bond donors (Lipinski definition) is 1. The molecule has 0 aromatic rings. The molecule has 0 aromatic carbocycles. The molecule has 11 heavy (non-hydrogen) atoms. The molecule has 2 heteroatoms. The van der Waals surface area contributed by atoms with Crippen molar-refractivity contribution >= 4 is 6.21 Å². The van der Waals surface area contributed by atoms with Crippen LogP contribution in [0.3, 0.4) is 0 Å². The maximum atomic E-state index is 5.20. The third-order valence-corrected chi connectivity index (χ3v) is 1.34. The molecule has 0 bridgehead atoms. The van der Waals surface area contributed by atoms with Crippen LogP contribution in [0.2, 0.25) is 0 Å². The average molecular weight is 152 g/mol. The highest BCUT2D eigenvalue weighted by atomic mass is 14.6. The van der Waals surface area contributed by atoms with Gasteiger partial charge in [0, 0.05) is 13.3 Å². The van der Waals surface area contributed by atoms with Crippen LogP contribution in [0, 0.1) is 5.92 Å². The normalized spacial score (nSPS) is 14.0. The van der Waals surface area contributed by atoms with Crippen LogP contribution in [0.5, 0.6) is 0 Å². The maximum absolute atomic E-state index is 5.20. The molecule has 0 aliphatic heterocycles. The summed E-state index contributed by atoms with van der Waals surface area (Å²) in [6.45, 7) is 4.25. The van der Waals surface area contributed by atoms with Crippen molar-refractivity contribution in [3.63, 3.8) is 0 Å². The second kappa shape index (κ2) is 5.71. The zero-order chi connectivity index (χ0) is 8.69. The zero-order valence-corrected chi connectivity index (χ0v) is 7.41. The first-order valence-corrected chi connectivity index (χ1v) is 3.73. The van der Waals surface area contributed by atoms with Gasteiger partial charge in [-0.1, -0.05) is 19.9 Å². The summed E-state index contributed by atoms with van der Waals surface area (Å²) < 4.78 is 0. The minimum absolute atomic E-state index is 0.495. The fraction of sp³-hybridized carbons (Fsp3) is 0.444. The molecule has 0 aliphatic rings. The summed E-state index contributed by atoms with van der Waals surface area (Å²) in [7, 11) is 1.77. The summed E-state index contributed by atoms with van der Waals surface area (Å²) in [5, 5.41) is 0. The molecule has 0 amide bonds. The van der Waals surface area contributed by atoms with E-state index in [4.69, 9.17) is 5.73 Å². The smallest absolute Gasteiger partial charge is 0.0277 e. The van der Waals surface area contributed by atoms with E-state index in [9.17, 15) is 0 Å². The highest BCUT2D eigenvalue weighted by molar-refractivity contribution is 5.79. The molecule has 0 radical (unpaired) electrons.